The summed E-state index contributed by atoms with van der Waals surface area (Å²) < 4.78 is 32.6. The monoisotopic (exact) mass is 839 g/mol. The molecule has 12 heteroatoms. The van der Waals surface area contributed by atoms with Crippen LogP contribution in [0.15, 0.2) is 72.9 Å². The molecule has 0 aliphatic rings. The van der Waals surface area contributed by atoms with Crippen LogP contribution in [-0.2, 0) is 32.7 Å². The average molecular weight is 839 g/mol. The summed E-state index contributed by atoms with van der Waals surface area (Å²) >= 11 is 0. The van der Waals surface area contributed by atoms with E-state index in [1.807, 2.05) is 54.7 Å². The zero-order chi connectivity index (χ0) is 42.8. The van der Waals surface area contributed by atoms with Crippen molar-refractivity contribution in [3.8, 4) is 0 Å². The van der Waals surface area contributed by atoms with Crippen molar-refractivity contribution in [1.82, 2.24) is 0 Å². The molecular weight excluding hydrogens is 759 g/mol. The molecule has 2 unspecified atom stereocenters. The van der Waals surface area contributed by atoms with E-state index in [4.69, 9.17) is 19.1 Å². The van der Waals surface area contributed by atoms with Gasteiger partial charge in [0.2, 0.25) is 0 Å². The van der Waals surface area contributed by atoms with Gasteiger partial charge in [0, 0.05) is 12.8 Å². The van der Waals surface area contributed by atoms with Crippen LogP contribution in [0.2, 0.25) is 0 Å². The number of carbonyl (C=O) groups is 2. The Morgan fingerprint density at radius 2 is 1.14 bits per heavy atom. The minimum absolute atomic E-state index is 0.0341. The summed E-state index contributed by atoms with van der Waals surface area (Å²) in [6, 6.07) is 0. The van der Waals surface area contributed by atoms with Crippen molar-refractivity contribution in [2.24, 2.45) is 0 Å². The van der Waals surface area contributed by atoms with Crippen LogP contribution in [0.1, 0.15) is 162 Å². The Balaban J connectivity index is 4.48. The molecule has 0 saturated carbocycles. The van der Waals surface area contributed by atoms with E-state index in [-0.39, 0.29) is 19.4 Å². The Hall–Kier alpha value is -2.63. The zero-order valence-corrected chi connectivity index (χ0v) is 36.7. The number of esters is 2. The summed E-state index contributed by atoms with van der Waals surface area (Å²) in [6.07, 6.45) is 43.4. The minimum Gasteiger partial charge on any atom is -0.462 e. The number of carbonyl (C=O) groups excluding carboxylic acids is 2. The molecule has 0 rings (SSSR count). The number of phosphoric ester groups is 1. The van der Waals surface area contributed by atoms with Crippen LogP contribution in [0.3, 0.4) is 0 Å². The third kappa shape index (κ3) is 40.2. The van der Waals surface area contributed by atoms with Crippen molar-refractivity contribution in [2.45, 2.75) is 180 Å². The number of aliphatic hydroxyl groups is 3. The molecule has 0 saturated heterocycles. The molecule has 58 heavy (non-hydrogen) atoms. The molecule has 4 atom stereocenters. The molecule has 0 aromatic carbocycles. The number of hydrogen-bond donors (Lipinski definition) is 4. The number of unbranched alkanes of at least 4 members (excludes halogenated alkanes) is 14. The van der Waals surface area contributed by atoms with Gasteiger partial charge in [0.05, 0.1) is 25.9 Å². The van der Waals surface area contributed by atoms with Gasteiger partial charge in [-0.3, -0.25) is 18.6 Å². The summed E-state index contributed by atoms with van der Waals surface area (Å²) in [4.78, 5) is 35.0. The lowest BCUT2D eigenvalue weighted by Crippen LogP contribution is -2.29. The van der Waals surface area contributed by atoms with E-state index in [0.717, 1.165) is 38.5 Å². The summed E-state index contributed by atoms with van der Waals surface area (Å²) in [6.45, 7) is 2.09. The fraction of sp³-hybridized carbons (Fsp3) is 0.696. The lowest BCUT2D eigenvalue weighted by Gasteiger charge is -2.20. The van der Waals surface area contributed by atoms with Crippen molar-refractivity contribution >= 4 is 19.8 Å². The number of hydrogen-bond acceptors (Lipinski definition) is 10. The van der Waals surface area contributed by atoms with Gasteiger partial charge in [0.15, 0.2) is 6.10 Å². The Morgan fingerprint density at radius 3 is 1.74 bits per heavy atom. The molecule has 11 nitrogen and oxygen atoms in total. The highest BCUT2D eigenvalue weighted by atomic mass is 31.2. The second-order valence-corrected chi connectivity index (χ2v) is 16.0. The van der Waals surface area contributed by atoms with Gasteiger partial charge in [0.25, 0.3) is 0 Å². The van der Waals surface area contributed by atoms with Crippen molar-refractivity contribution in [3.63, 3.8) is 0 Å². The molecule has 0 aromatic heterocycles. The molecule has 0 amide bonds. The highest BCUT2D eigenvalue weighted by molar-refractivity contribution is 7.47. The first-order chi connectivity index (χ1) is 28.1. The Morgan fingerprint density at radius 1 is 0.603 bits per heavy atom. The number of rotatable bonds is 40. The van der Waals surface area contributed by atoms with E-state index in [1.54, 1.807) is 6.08 Å². The first-order valence-corrected chi connectivity index (χ1v) is 23.5. The van der Waals surface area contributed by atoms with Crippen LogP contribution in [0, 0.1) is 0 Å². The summed E-state index contributed by atoms with van der Waals surface area (Å²) in [7, 11) is -4.65. The smallest absolute Gasteiger partial charge is 0.462 e. The predicted octanol–water partition coefficient (Wildman–Crippen LogP) is 10.6. The second kappa shape index (κ2) is 41.1. The second-order valence-electron chi connectivity index (χ2n) is 14.5. The maximum Gasteiger partial charge on any atom is 0.472 e. The van der Waals surface area contributed by atoms with Gasteiger partial charge in [-0.05, 0) is 44.9 Å². The van der Waals surface area contributed by atoms with Crippen molar-refractivity contribution < 1.29 is 52.9 Å². The standard InChI is InChI=1S/C46H79O11P/c1-3-5-7-9-11-12-13-14-15-16-17-21-24-28-32-36-45(50)54-40-44(41-56-58(52,53)55-39-43(49)38-47)57-46(51)37-33-29-25-22-19-18-20-23-27-31-35-42(48)34-30-26-10-8-6-4-2/h6,8,18-19,23,25-27,29-31,35,42-44,47-49H,3-5,7,9-17,20-22,24,28,32-34,36-41H2,1-2H3,(H,52,53)/b8-6-,19-18-,27-23-,29-25-,30-26-,35-31+/t42?,43-,44+/m0/s1. The fourth-order valence-electron chi connectivity index (χ4n) is 5.57. The SMILES string of the molecule is CC/C=C\C/C=C\CC(O)/C=C/C=C\C/C=C\C/C=C\CCC(=O)O[C@H](COC(=O)CCCCCCCCCCCCCCCCC)COP(=O)(O)OC[C@@H](O)CO. The first kappa shape index (κ1) is 55.4. The van der Waals surface area contributed by atoms with Gasteiger partial charge in [-0.15, -0.1) is 0 Å². The van der Waals surface area contributed by atoms with E-state index < -0.39 is 57.9 Å². The molecule has 334 valence electrons. The Bertz CT molecular complexity index is 1210. The largest absolute Gasteiger partial charge is 0.472 e. The van der Waals surface area contributed by atoms with E-state index >= 15 is 0 Å². The average Bonchev–Trinajstić information content (AvgIpc) is 3.21. The summed E-state index contributed by atoms with van der Waals surface area (Å²) in [5, 5.41) is 28.3. The lowest BCUT2D eigenvalue weighted by atomic mass is 10.0. The fourth-order valence-corrected chi connectivity index (χ4v) is 6.36. The topological polar surface area (TPSA) is 169 Å². The van der Waals surface area contributed by atoms with Gasteiger partial charge >= 0.3 is 19.8 Å². The molecule has 0 aliphatic heterocycles. The van der Waals surface area contributed by atoms with Crippen LogP contribution in [0.25, 0.3) is 0 Å². The van der Waals surface area contributed by atoms with Crippen molar-refractivity contribution in [3.05, 3.63) is 72.9 Å². The minimum atomic E-state index is -4.65. The van der Waals surface area contributed by atoms with Gasteiger partial charge in [0.1, 0.15) is 12.7 Å². The highest BCUT2D eigenvalue weighted by Gasteiger charge is 2.27. The van der Waals surface area contributed by atoms with E-state index in [9.17, 15) is 29.3 Å². The number of allylic oxidation sites excluding steroid dienone is 10. The van der Waals surface area contributed by atoms with Gasteiger partial charge in [-0.25, -0.2) is 4.57 Å². The Labute approximate surface area is 351 Å². The number of ether oxygens (including phenoxy) is 2. The zero-order valence-electron chi connectivity index (χ0n) is 35.8. The molecule has 0 aromatic rings. The molecule has 0 fully saturated rings. The van der Waals surface area contributed by atoms with Gasteiger partial charge < -0.3 is 29.7 Å². The van der Waals surface area contributed by atoms with Crippen LogP contribution in [0.5, 0.6) is 0 Å². The third-order valence-corrected chi connectivity index (χ3v) is 9.92. The molecule has 4 N–H and O–H groups in total. The maximum atomic E-state index is 12.6. The molecule has 0 heterocycles. The highest BCUT2D eigenvalue weighted by Crippen LogP contribution is 2.43. The lowest BCUT2D eigenvalue weighted by molar-refractivity contribution is -0.161. The molecule has 0 bridgehead atoms. The van der Waals surface area contributed by atoms with E-state index in [2.05, 4.69) is 30.5 Å². The van der Waals surface area contributed by atoms with Gasteiger partial charge in [-0.2, -0.15) is 0 Å². The van der Waals surface area contributed by atoms with Crippen LogP contribution in [-0.4, -0.2) is 76.9 Å². The molecule has 0 spiro atoms. The van der Waals surface area contributed by atoms with Crippen molar-refractivity contribution in [2.75, 3.05) is 26.4 Å². The van der Waals surface area contributed by atoms with Gasteiger partial charge in [-0.1, -0.05) is 177 Å². The predicted molar refractivity (Wildman–Crippen MR) is 234 cm³/mol. The number of phosphoric acid groups is 1. The van der Waals surface area contributed by atoms with Crippen LogP contribution >= 0.6 is 7.82 Å². The molecular formula is C46H79O11P. The molecule has 0 radical (unpaired) electrons. The van der Waals surface area contributed by atoms with Crippen LogP contribution < -0.4 is 0 Å². The quantitative estimate of drug-likeness (QED) is 0.0152. The maximum absolute atomic E-state index is 12.6. The number of aliphatic hydroxyl groups excluding tert-OH is 3. The normalized spacial score (nSPS) is 15.1. The van der Waals surface area contributed by atoms with Crippen LogP contribution in [0.4, 0.5) is 0 Å². The van der Waals surface area contributed by atoms with Crippen molar-refractivity contribution in [1.29, 1.82) is 0 Å². The Kier molecular flexibility index (Phi) is 39.3. The first-order valence-electron chi connectivity index (χ1n) is 22.0. The summed E-state index contributed by atoms with van der Waals surface area (Å²) in [5.41, 5.74) is 0. The third-order valence-electron chi connectivity index (χ3n) is 8.97. The van der Waals surface area contributed by atoms with E-state index in [1.165, 1.54) is 70.6 Å². The van der Waals surface area contributed by atoms with E-state index in [0.29, 0.717) is 25.7 Å². The summed E-state index contributed by atoms with van der Waals surface area (Å²) in [5.74, 6) is -1.05. The molecule has 0 aliphatic carbocycles.